The van der Waals surface area contributed by atoms with Crippen molar-refractivity contribution in [1.29, 1.82) is 0 Å². The monoisotopic (exact) mass is 372 g/mol. The van der Waals surface area contributed by atoms with Crippen LogP contribution in [0.3, 0.4) is 0 Å². The van der Waals surface area contributed by atoms with Gasteiger partial charge in [-0.2, -0.15) is 0 Å². The normalized spacial score (nSPS) is 16.9. The van der Waals surface area contributed by atoms with E-state index in [1.54, 1.807) is 37.3 Å². The molecule has 144 valence electrons. The van der Waals surface area contributed by atoms with Gasteiger partial charge in [0.25, 0.3) is 5.91 Å². The van der Waals surface area contributed by atoms with E-state index in [0.717, 1.165) is 18.2 Å². The molecule has 1 aromatic heterocycles. The highest BCUT2D eigenvalue weighted by atomic mass is 16.5. The van der Waals surface area contributed by atoms with Crippen molar-refractivity contribution in [2.45, 2.75) is 25.5 Å². The minimum absolute atomic E-state index is 0.0566. The van der Waals surface area contributed by atoms with Gasteiger partial charge in [-0.25, -0.2) is 4.68 Å². The Morgan fingerprint density at radius 3 is 2.74 bits per heavy atom. The standard InChI is InChI=1S/C19H24N4O4/c1-25-16-5-6-17(18(7-16)26-2)19(24)22-9-15(10-22)23-8-14(20-21-23)12-27-11-13-3-4-13/h5-8,13,15H,3-4,9-12H2,1-2H3. The molecule has 2 aliphatic rings. The van der Waals surface area contributed by atoms with Gasteiger partial charge in [0.05, 0.1) is 38.6 Å². The predicted molar refractivity (Wildman–Crippen MR) is 96.9 cm³/mol. The number of carbonyl (C=O) groups is 1. The summed E-state index contributed by atoms with van der Waals surface area (Å²) in [5, 5.41) is 8.34. The van der Waals surface area contributed by atoms with Gasteiger partial charge in [0, 0.05) is 25.8 Å². The summed E-state index contributed by atoms with van der Waals surface area (Å²) in [6.45, 7) is 2.50. The molecule has 0 atom stereocenters. The van der Waals surface area contributed by atoms with Gasteiger partial charge in [-0.05, 0) is 30.9 Å². The lowest BCUT2D eigenvalue weighted by Crippen LogP contribution is -2.51. The molecule has 8 heteroatoms. The van der Waals surface area contributed by atoms with Gasteiger partial charge in [0.2, 0.25) is 0 Å². The summed E-state index contributed by atoms with van der Waals surface area (Å²) in [4.78, 5) is 14.5. The highest BCUT2D eigenvalue weighted by molar-refractivity contribution is 5.97. The number of benzene rings is 1. The van der Waals surface area contributed by atoms with E-state index in [1.807, 2.05) is 10.9 Å². The van der Waals surface area contributed by atoms with Crippen LogP contribution < -0.4 is 9.47 Å². The molecule has 0 N–H and O–H groups in total. The van der Waals surface area contributed by atoms with Gasteiger partial charge in [-0.1, -0.05) is 5.21 Å². The number of hydrogen-bond acceptors (Lipinski definition) is 6. The fourth-order valence-corrected chi connectivity index (χ4v) is 3.11. The molecule has 0 bridgehead atoms. The second-order valence-corrected chi connectivity index (χ2v) is 7.08. The Hall–Kier alpha value is -2.61. The average molecular weight is 372 g/mol. The lowest BCUT2D eigenvalue weighted by molar-refractivity contribution is 0.0495. The van der Waals surface area contributed by atoms with E-state index in [2.05, 4.69) is 10.3 Å². The van der Waals surface area contributed by atoms with E-state index < -0.39 is 0 Å². The third-order valence-corrected chi connectivity index (χ3v) is 5.02. The van der Waals surface area contributed by atoms with Gasteiger partial charge in [-0.15, -0.1) is 5.10 Å². The molecule has 0 radical (unpaired) electrons. The molecule has 1 saturated carbocycles. The van der Waals surface area contributed by atoms with Crippen molar-refractivity contribution in [2.75, 3.05) is 33.9 Å². The van der Waals surface area contributed by atoms with Crippen molar-refractivity contribution in [3.63, 3.8) is 0 Å². The Labute approximate surface area is 158 Å². The van der Waals surface area contributed by atoms with Gasteiger partial charge < -0.3 is 19.1 Å². The highest BCUT2D eigenvalue weighted by Gasteiger charge is 2.34. The number of likely N-dealkylation sites (tertiary alicyclic amines) is 1. The van der Waals surface area contributed by atoms with Gasteiger partial charge in [0.15, 0.2) is 0 Å². The summed E-state index contributed by atoms with van der Waals surface area (Å²) in [5.74, 6) is 1.85. The maximum atomic E-state index is 12.7. The van der Waals surface area contributed by atoms with E-state index >= 15 is 0 Å². The molecular formula is C19H24N4O4. The zero-order chi connectivity index (χ0) is 18.8. The van der Waals surface area contributed by atoms with Crippen LogP contribution in [0.4, 0.5) is 0 Å². The van der Waals surface area contributed by atoms with Crippen molar-refractivity contribution < 1.29 is 19.0 Å². The Kier molecular flexibility index (Phi) is 4.98. The van der Waals surface area contributed by atoms with Crippen LogP contribution in [0.1, 0.15) is 34.9 Å². The van der Waals surface area contributed by atoms with Crippen LogP contribution in [-0.4, -0.2) is 59.7 Å². The van der Waals surface area contributed by atoms with E-state index in [1.165, 1.54) is 12.8 Å². The van der Waals surface area contributed by atoms with Crippen LogP contribution in [0.15, 0.2) is 24.4 Å². The molecule has 4 rings (SSSR count). The molecule has 1 aliphatic carbocycles. The van der Waals surface area contributed by atoms with Crippen molar-refractivity contribution in [1.82, 2.24) is 19.9 Å². The number of aromatic nitrogens is 3. The van der Waals surface area contributed by atoms with E-state index in [0.29, 0.717) is 36.8 Å². The molecule has 2 heterocycles. The lowest BCUT2D eigenvalue weighted by atomic mass is 10.1. The smallest absolute Gasteiger partial charge is 0.257 e. The second kappa shape index (κ2) is 7.56. The third kappa shape index (κ3) is 3.90. The topological polar surface area (TPSA) is 78.7 Å². The zero-order valence-electron chi connectivity index (χ0n) is 15.6. The molecule has 2 aromatic rings. The number of methoxy groups -OCH3 is 2. The summed E-state index contributed by atoms with van der Waals surface area (Å²) in [5.41, 5.74) is 1.36. The largest absolute Gasteiger partial charge is 0.497 e. The summed E-state index contributed by atoms with van der Waals surface area (Å²) in [6, 6.07) is 5.36. The molecule has 1 amide bonds. The van der Waals surface area contributed by atoms with E-state index in [-0.39, 0.29) is 11.9 Å². The maximum absolute atomic E-state index is 12.7. The molecule has 0 spiro atoms. The van der Waals surface area contributed by atoms with Crippen LogP contribution >= 0.6 is 0 Å². The quantitative estimate of drug-likeness (QED) is 0.704. The van der Waals surface area contributed by atoms with Crippen molar-refractivity contribution in [3.05, 3.63) is 35.7 Å². The van der Waals surface area contributed by atoms with Gasteiger partial charge in [-0.3, -0.25) is 4.79 Å². The van der Waals surface area contributed by atoms with E-state index in [4.69, 9.17) is 14.2 Å². The fraction of sp³-hybridized carbons (Fsp3) is 0.526. The molecule has 8 nitrogen and oxygen atoms in total. The molecule has 2 fully saturated rings. The third-order valence-electron chi connectivity index (χ3n) is 5.02. The number of carbonyl (C=O) groups excluding carboxylic acids is 1. The molecule has 0 unspecified atom stereocenters. The average Bonchev–Trinajstić information content (AvgIpc) is 3.37. The predicted octanol–water partition coefficient (Wildman–Crippen LogP) is 1.92. The van der Waals surface area contributed by atoms with Crippen LogP contribution in [0.25, 0.3) is 0 Å². The molecular weight excluding hydrogens is 348 g/mol. The van der Waals surface area contributed by atoms with Crippen molar-refractivity contribution in [3.8, 4) is 11.5 Å². The Morgan fingerprint density at radius 2 is 2.04 bits per heavy atom. The maximum Gasteiger partial charge on any atom is 0.257 e. The van der Waals surface area contributed by atoms with Crippen molar-refractivity contribution >= 4 is 5.91 Å². The van der Waals surface area contributed by atoms with Gasteiger partial charge in [0.1, 0.15) is 17.2 Å². The number of nitrogens with zero attached hydrogens (tertiary/aromatic N) is 4. The first-order valence-corrected chi connectivity index (χ1v) is 9.17. The summed E-state index contributed by atoms with van der Waals surface area (Å²) in [7, 11) is 3.13. The Balaban J connectivity index is 1.32. The number of rotatable bonds is 8. The van der Waals surface area contributed by atoms with Crippen LogP contribution in [-0.2, 0) is 11.3 Å². The molecule has 1 aliphatic heterocycles. The second-order valence-electron chi connectivity index (χ2n) is 7.08. The van der Waals surface area contributed by atoms with Crippen molar-refractivity contribution in [2.24, 2.45) is 5.92 Å². The van der Waals surface area contributed by atoms with Gasteiger partial charge >= 0.3 is 0 Å². The molecule has 27 heavy (non-hydrogen) atoms. The minimum atomic E-state index is -0.0566. The summed E-state index contributed by atoms with van der Waals surface area (Å²) < 4.78 is 18.0. The van der Waals surface area contributed by atoms with Crippen LogP contribution in [0, 0.1) is 5.92 Å². The highest BCUT2D eigenvalue weighted by Crippen LogP contribution is 2.30. The first kappa shape index (κ1) is 17.8. The first-order valence-electron chi connectivity index (χ1n) is 9.17. The fourth-order valence-electron chi connectivity index (χ4n) is 3.11. The summed E-state index contributed by atoms with van der Waals surface area (Å²) >= 11 is 0. The first-order chi connectivity index (χ1) is 13.2. The molecule has 1 aromatic carbocycles. The Bertz CT molecular complexity index is 812. The van der Waals surface area contributed by atoms with E-state index in [9.17, 15) is 4.79 Å². The number of hydrogen-bond donors (Lipinski definition) is 0. The van der Waals surface area contributed by atoms with Crippen LogP contribution in [0.5, 0.6) is 11.5 Å². The van der Waals surface area contributed by atoms with Crippen LogP contribution in [0.2, 0.25) is 0 Å². The SMILES string of the molecule is COc1ccc(C(=O)N2CC(n3cc(COCC4CC4)nn3)C2)c(OC)c1. The number of amides is 1. The number of ether oxygens (including phenoxy) is 3. The minimum Gasteiger partial charge on any atom is -0.497 e. The Morgan fingerprint density at radius 1 is 1.22 bits per heavy atom. The molecule has 1 saturated heterocycles. The lowest BCUT2D eigenvalue weighted by Gasteiger charge is -2.39. The zero-order valence-corrected chi connectivity index (χ0v) is 15.6. The summed E-state index contributed by atoms with van der Waals surface area (Å²) in [6.07, 6.45) is 4.46.